The van der Waals surface area contributed by atoms with Crippen molar-refractivity contribution in [2.45, 2.75) is 37.5 Å². The topological polar surface area (TPSA) is 47.6 Å². The second-order valence-corrected chi connectivity index (χ2v) is 7.91. The van der Waals surface area contributed by atoms with Gasteiger partial charge in [0, 0.05) is 11.0 Å². The van der Waals surface area contributed by atoms with E-state index in [4.69, 9.17) is 9.47 Å². The Balaban J connectivity index is 1.66. The van der Waals surface area contributed by atoms with Crippen molar-refractivity contribution in [2.24, 2.45) is 0 Å². The summed E-state index contributed by atoms with van der Waals surface area (Å²) >= 11 is 3.48. The highest BCUT2D eigenvalue weighted by Crippen LogP contribution is 2.41. The molecule has 1 amide bonds. The molecule has 2 aromatic carbocycles. The van der Waals surface area contributed by atoms with Gasteiger partial charge in [-0.15, -0.1) is 0 Å². The Morgan fingerprint density at radius 2 is 1.70 bits per heavy atom. The molecule has 0 spiro atoms. The van der Waals surface area contributed by atoms with Crippen LogP contribution in [0, 0.1) is 0 Å². The zero-order valence-electron chi connectivity index (χ0n) is 15.9. The Bertz CT molecular complexity index is 783. The number of hydrogen-bond acceptors (Lipinski definition) is 3. The van der Waals surface area contributed by atoms with Gasteiger partial charge in [-0.1, -0.05) is 47.0 Å². The lowest BCUT2D eigenvalue weighted by molar-refractivity contribution is -0.126. The van der Waals surface area contributed by atoms with Crippen LogP contribution in [0.25, 0.3) is 0 Å². The Morgan fingerprint density at radius 3 is 2.33 bits per heavy atom. The highest BCUT2D eigenvalue weighted by molar-refractivity contribution is 9.10. The summed E-state index contributed by atoms with van der Waals surface area (Å²) in [4.78, 5) is 13.1. The molecule has 3 rings (SSSR count). The van der Waals surface area contributed by atoms with Crippen molar-refractivity contribution < 1.29 is 14.3 Å². The molecular weight excluding hydrogens is 406 g/mol. The molecule has 0 unspecified atom stereocenters. The lowest BCUT2D eigenvalue weighted by atomic mass is 9.78. The maximum Gasteiger partial charge on any atom is 0.230 e. The van der Waals surface area contributed by atoms with Gasteiger partial charge in [0.1, 0.15) is 0 Å². The first-order valence-electron chi connectivity index (χ1n) is 9.34. The Kier molecular flexibility index (Phi) is 6.42. The molecular formula is C22H26BrNO3. The van der Waals surface area contributed by atoms with Gasteiger partial charge in [0.2, 0.25) is 5.91 Å². The molecule has 1 fully saturated rings. The molecule has 0 bridgehead atoms. The van der Waals surface area contributed by atoms with Crippen molar-refractivity contribution in [3.63, 3.8) is 0 Å². The molecule has 1 aliphatic carbocycles. The third-order valence-electron chi connectivity index (χ3n) is 5.44. The third-order valence-corrected chi connectivity index (χ3v) is 5.96. The van der Waals surface area contributed by atoms with Gasteiger partial charge in [0.05, 0.1) is 19.6 Å². The summed E-state index contributed by atoms with van der Waals surface area (Å²) < 4.78 is 11.7. The molecule has 5 heteroatoms. The minimum Gasteiger partial charge on any atom is -0.493 e. The van der Waals surface area contributed by atoms with E-state index in [0.717, 1.165) is 47.7 Å². The largest absolute Gasteiger partial charge is 0.493 e. The van der Waals surface area contributed by atoms with E-state index in [2.05, 4.69) is 33.4 Å². The first-order valence-corrected chi connectivity index (χ1v) is 10.1. The van der Waals surface area contributed by atoms with Crippen molar-refractivity contribution >= 4 is 21.8 Å². The number of halogens is 1. The summed E-state index contributed by atoms with van der Waals surface area (Å²) in [6.07, 6.45) is 4.77. The maximum atomic E-state index is 13.1. The van der Waals surface area contributed by atoms with Crippen LogP contribution in [-0.2, 0) is 16.6 Å². The van der Waals surface area contributed by atoms with Gasteiger partial charge in [-0.3, -0.25) is 4.79 Å². The van der Waals surface area contributed by atoms with E-state index in [9.17, 15) is 4.79 Å². The smallest absolute Gasteiger partial charge is 0.230 e. The Hall–Kier alpha value is -2.01. The number of carbonyl (C=O) groups excluding carboxylic acids is 1. The quantitative estimate of drug-likeness (QED) is 0.694. The summed E-state index contributed by atoms with van der Waals surface area (Å²) in [5.74, 6) is 1.57. The predicted octanol–water partition coefficient (Wildman–Crippen LogP) is 4.64. The van der Waals surface area contributed by atoms with Crippen LogP contribution in [0.3, 0.4) is 0 Å². The van der Waals surface area contributed by atoms with Gasteiger partial charge in [0.25, 0.3) is 0 Å². The zero-order chi connectivity index (χ0) is 19.3. The van der Waals surface area contributed by atoms with Gasteiger partial charge in [-0.25, -0.2) is 0 Å². The normalized spacial score (nSPS) is 15.4. The summed E-state index contributed by atoms with van der Waals surface area (Å²) in [5.41, 5.74) is 1.84. The van der Waals surface area contributed by atoms with Crippen LogP contribution in [0.4, 0.5) is 0 Å². The number of hydrogen-bond donors (Lipinski definition) is 1. The number of ether oxygens (including phenoxy) is 2. The number of methoxy groups -OCH3 is 2. The molecule has 1 aliphatic rings. The molecule has 0 aromatic heterocycles. The minimum atomic E-state index is -0.391. The van der Waals surface area contributed by atoms with Crippen LogP contribution in [0.5, 0.6) is 11.5 Å². The number of nitrogens with one attached hydrogen (secondary N) is 1. The van der Waals surface area contributed by atoms with Crippen molar-refractivity contribution in [1.82, 2.24) is 5.32 Å². The predicted molar refractivity (Wildman–Crippen MR) is 111 cm³/mol. The molecule has 1 saturated carbocycles. The first kappa shape index (κ1) is 19.7. The lowest BCUT2D eigenvalue weighted by Crippen LogP contribution is -2.43. The number of amides is 1. The van der Waals surface area contributed by atoms with Gasteiger partial charge in [-0.05, 0) is 54.7 Å². The molecule has 4 nitrogen and oxygen atoms in total. The van der Waals surface area contributed by atoms with Crippen LogP contribution in [0.1, 0.15) is 36.8 Å². The molecule has 2 aromatic rings. The first-order chi connectivity index (χ1) is 13.1. The summed E-state index contributed by atoms with van der Waals surface area (Å²) in [6.45, 7) is 0.604. The van der Waals surface area contributed by atoms with Crippen LogP contribution in [0.15, 0.2) is 46.9 Å². The third kappa shape index (κ3) is 4.29. The Labute approximate surface area is 169 Å². The summed E-state index contributed by atoms with van der Waals surface area (Å²) in [7, 11) is 3.26. The SMILES string of the molecule is COc1ccc(CCNC(=O)C2(c3ccc(Br)cc3)CCCC2)cc1OC. The maximum absolute atomic E-state index is 13.1. The average molecular weight is 432 g/mol. The van der Waals surface area contributed by atoms with Crippen molar-refractivity contribution in [3.05, 3.63) is 58.1 Å². The molecule has 0 radical (unpaired) electrons. The van der Waals surface area contributed by atoms with E-state index in [0.29, 0.717) is 18.0 Å². The van der Waals surface area contributed by atoms with E-state index in [-0.39, 0.29) is 5.91 Å². The number of benzene rings is 2. The highest BCUT2D eigenvalue weighted by atomic mass is 79.9. The fourth-order valence-corrected chi connectivity index (χ4v) is 4.18. The van der Waals surface area contributed by atoms with E-state index in [1.165, 1.54) is 0 Å². The lowest BCUT2D eigenvalue weighted by Gasteiger charge is -2.28. The van der Waals surface area contributed by atoms with Crippen molar-refractivity contribution in [3.8, 4) is 11.5 Å². The standard InChI is InChI=1S/C22H26BrNO3/c1-26-19-10-5-16(15-20(19)27-2)11-14-24-21(25)22(12-3-4-13-22)17-6-8-18(23)9-7-17/h5-10,15H,3-4,11-14H2,1-2H3,(H,24,25). The van der Waals surface area contributed by atoms with E-state index < -0.39 is 5.41 Å². The molecule has 144 valence electrons. The van der Waals surface area contributed by atoms with Crippen LogP contribution in [0.2, 0.25) is 0 Å². The average Bonchev–Trinajstić information content (AvgIpc) is 3.19. The Morgan fingerprint density at radius 1 is 1.04 bits per heavy atom. The van der Waals surface area contributed by atoms with Gasteiger partial charge in [-0.2, -0.15) is 0 Å². The van der Waals surface area contributed by atoms with E-state index in [1.54, 1.807) is 14.2 Å². The van der Waals surface area contributed by atoms with Crippen LogP contribution in [-0.4, -0.2) is 26.7 Å². The second kappa shape index (κ2) is 8.79. The molecule has 0 saturated heterocycles. The number of rotatable bonds is 7. The molecule has 0 heterocycles. The van der Waals surface area contributed by atoms with E-state index in [1.807, 2.05) is 30.3 Å². The van der Waals surface area contributed by atoms with Crippen molar-refractivity contribution in [1.29, 1.82) is 0 Å². The number of carbonyl (C=O) groups is 1. The summed E-state index contributed by atoms with van der Waals surface area (Å²) in [5, 5.41) is 3.17. The van der Waals surface area contributed by atoms with Gasteiger partial charge in [0.15, 0.2) is 11.5 Å². The zero-order valence-corrected chi connectivity index (χ0v) is 17.5. The molecule has 1 N–H and O–H groups in total. The molecule has 27 heavy (non-hydrogen) atoms. The molecule has 0 atom stereocenters. The van der Waals surface area contributed by atoms with E-state index >= 15 is 0 Å². The fraction of sp³-hybridized carbons (Fsp3) is 0.409. The molecule has 0 aliphatic heterocycles. The fourth-order valence-electron chi connectivity index (χ4n) is 3.92. The van der Waals surface area contributed by atoms with Crippen LogP contribution >= 0.6 is 15.9 Å². The minimum absolute atomic E-state index is 0.141. The monoisotopic (exact) mass is 431 g/mol. The van der Waals surface area contributed by atoms with Crippen LogP contribution < -0.4 is 14.8 Å². The van der Waals surface area contributed by atoms with Gasteiger partial charge >= 0.3 is 0 Å². The van der Waals surface area contributed by atoms with Crippen molar-refractivity contribution in [2.75, 3.05) is 20.8 Å². The second-order valence-electron chi connectivity index (χ2n) is 6.99. The highest BCUT2D eigenvalue weighted by Gasteiger charge is 2.42. The van der Waals surface area contributed by atoms with Gasteiger partial charge < -0.3 is 14.8 Å². The summed E-state index contributed by atoms with van der Waals surface area (Å²) in [6, 6.07) is 14.1.